The van der Waals surface area contributed by atoms with Gasteiger partial charge in [0.05, 0.1) is 23.4 Å². The number of carbonyl (C=O) groups is 3. The summed E-state index contributed by atoms with van der Waals surface area (Å²) in [5.41, 5.74) is 4.12. The summed E-state index contributed by atoms with van der Waals surface area (Å²) in [6.45, 7) is -0.0255. The van der Waals surface area contributed by atoms with Crippen LogP contribution in [0.15, 0.2) is 71.8 Å². The third-order valence-electron chi connectivity index (χ3n) is 4.65. The van der Waals surface area contributed by atoms with Crippen molar-refractivity contribution in [2.45, 2.75) is 6.54 Å². The topological polar surface area (TPSA) is 118 Å². The van der Waals surface area contributed by atoms with Gasteiger partial charge in [-0.1, -0.05) is 35.3 Å². The lowest BCUT2D eigenvalue weighted by molar-refractivity contribution is -0.139. The molecule has 36 heavy (non-hydrogen) atoms. The van der Waals surface area contributed by atoms with Gasteiger partial charge in [-0.15, -0.1) is 0 Å². The van der Waals surface area contributed by atoms with E-state index in [1.165, 1.54) is 6.21 Å². The largest absolute Gasteiger partial charge is 0.497 e. The Morgan fingerprint density at radius 3 is 2.25 bits per heavy atom. The Bertz CT molecular complexity index is 1250. The fourth-order valence-electron chi connectivity index (χ4n) is 2.79. The number of carbonyl (C=O) groups excluding carboxylic acids is 3. The number of rotatable bonds is 9. The highest BCUT2D eigenvalue weighted by Crippen LogP contribution is 2.25. The number of hydrogen-bond donors (Lipinski definition) is 3. The highest BCUT2D eigenvalue weighted by atomic mass is 35.5. The Balaban J connectivity index is 1.39. The van der Waals surface area contributed by atoms with Crippen LogP contribution in [0.25, 0.3) is 0 Å². The summed E-state index contributed by atoms with van der Waals surface area (Å²) >= 11 is 11.8. The number of hydrazone groups is 1. The van der Waals surface area contributed by atoms with Gasteiger partial charge in [0.25, 0.3) is 5.91 Å². The van der Waals surface area contributed by atoms with Crippen LogP contribution in [-0.4, -0.2) is 37.7 Å². The number of benzene rings is 3. The van der Waals surface area contributed by atoms with E-state index in [1.54, 1.807) is 73.8 Å². The van der Waals surface area contributed by atoms with Gasteiger partial charge < -0.3 is 20.1 Å². The van der Waals surface area contributed by atoms with Crippen LogP contribution in [0.5, 0.6) is 11.5 Å². The number of methoxy groups -OCH3 is 1. The minimum absolute atomic E-state index is 0.187. The predicted octanol–water partition coefficient (Wildman–Crippen LogP) is 3.79. The van der Waals surface area contributed by atoms with Crippen LogP contribution in [0.4, 0.5) is 5.69 Å². The number of hydrogen-bond acceptors (Lipinski definition) is 6. The number of anilines is 1. The van der Waals surface area contributed by atoms with Crippen LogP contribution < -0.4 is 25.5 Å². The van der Waals surface area contributed by atoms with Crippen LogP contribution in [-0.2, 0) is 20.9 Å². The molecule has 3 rings (SSSR count). The molecule has 3 N–H and O–H groups in total. The van der Waals surface area contributed by atoms with Gasteiger partial charge in [0.15, 0.2) is 6.61 Å². The first-order valence-corrected chi connectivity index (χ1v) is 11.3. The average Bonchev–Trinajstić information content (AvgIpc) is 2.89. The molecule has 0 radical (unpaired) electrons. The fourth-order valence-corrected chi connectivity index (χ4v) is 3.09. The molecule has 0 spiro atoms. The molecule has 0 fully saturated rings. The van der Waals surface area contributed by atoms with E-state index in [4.69, 9.17) is 32.7 Å². The normalized spacial score (nSPS) is 10.5. The summed E-state index contributed by atoms with van der Waals surface area (Å²) in [5, 5.41) is 9.66. The van der Waals surface area contributed by atoms with Crippen LogP contribution in [0.2, 0.25) is 10.0 Å². The number of halogens is 2. The van der Waals surface area contributed by atoms with Gasteiger partial charge in [-0.05, 0) is 65.7 Å². The van der Waals surface area contributed by atoms with E-state index >= 15 is 0 Å². The molecule has 186 valence electrons. The number of nitrogens with zero attached hydrogens (tertiary/aromatic N) is 1. The molecular formula is C25H22Cl2N4O5. The van der Waals surface area contributed by atoms with Crippen molar-refractivity contribution in [2.24, 2.45) is 5.10 Å². The van der Waals surface area contributed by atoms with Crippen LogP contribution >= 0.6 is 23.2 Å². The first-order valence-electron chi connectivity index (χ1n) is 10.6. The molecule has 0 aliphatic carbocycles. The predicted molar refractivity (Wildman–Crippen MR) is 138 cm³/mol. The van der Waals surface area contributed by atoms with Crippen molar-refractivity contribution in [3.63, 3.8) is 0 Å². The molecule has 3 aromatic rings. The van der Waals surface area contributed by atoms with E-state index in [2.05, 4.69) is 21.2 Å². The minimum Gasteiger partial charge on any atom is -0.497 e. The molecule has 0 atom stereocenters. The summed E-state index contributed by atoms with van der Waals surface area (Å²) in [6, 6.07) is 18.4. The molecule has 0 aromatic heterocycles. The van der Waals surface area contributed by atoms with Crippen molar-refractivity contribution in [2.75, 3.05) is 19.0 Å². The van der Waals surface area contributed by atoms with Gasteiger partial charge in [-0.2, -0.15) is 5.10 Å². The molecule has 11 heteroatoms. The summed E-state index contributed by atoms with van der Waals surface area (Å²) < 4.78 is 10.5. The third kappa shape index (κ3) is 8.30. The maximum Gasteiger partial charge on any atom is 0.329 e. The molecule has 0 heterocycles. The molecule has 0 saturated carbocycles. The summed E-state index contributed by atoms with van der Waals surface area (Å²) in [7, 11) is 1.56. The van der Waals surface area contributed by atoms with Crippen molar-refractivity contribution >= 4 is 52.8 Å². The summed E-state index contributed by atoms with van der Waals surface area (Å²) in [4.78, 5) is 35.9. The lowest BCUT2D eigenvalue weighted by Gasteiger charge is -2.08. The van der Waals surface area contributed by atoms with E-state index < -0.39 is 11.8 Å². The van der Waals surface area contributed by atoms with E-state index in [1.807, 2.05) is 0 Å². The van der Waals surface area contributed by atoms with Gasteiger partial charge in [0.1, 0.15) is 11.5 Å². The molecule has 3 amide bonds. The van der Waals surface area contributed by atoms with E-state index in [9.17, 15) is 14.4 Å². The molecule has 0 aliphatic heterocycles. The van der Waals surface area contributed by atoms with Crippen molar-refractivity contribution in [3.05, 3.63) is 87.9 Å². The Morgan fingerprint density at radius 1 is 0.889 bits per heavy atom. The monoisotopic (exact) mass is 528 g/mol. The lowest BCUT2D eigenvalue weighted by Crippen LogP contribution is -2.37. The Morgan fingerprint density at radius 2 is 1.58 bits per heavy atom. The zero-order chi connectivity index (χ0) is 25.9. The highest BCUT2D eigenvalue weighted by molar-refractivity contribution is 6.42. The van der Waals surface area contributed by atoms with E-state index in [-0.39, 0.29) is 19.1 Å². The van der Waals surface area contributed by atoms with Crippen molar-refractivity contribution in [1.29, 1.82) is 0 Å². The van der Waals surface area contributed by atoms with Gasteiger partial charge in [-0.3, -0.25) is 14.4 Å². The molecule has 0 bridgehead atoms. The highest BCUT2D eigenvalue weighted by Gasteiger charge is 2.12. The fraction of sp³-hybridized carbons (Fsp3) is 0.120. The first kappa shape index (κ1) is 26.5. The van der Waals surface area contributed by atoms with E-state index in [0.717, 1.165) is 5.56 Å². The first-order chi connectivity index (χ1) is 17.3. The molecule has 0 saturated heterocycles. The molecular weight excluding hydrogens is 507 g/mol. The van der Waals surface area contributed by atoms with Crippen LogP contribution in [0.1, 0.15) is 11.1 Å². The third-order valence-corrected chi connectivity index (χ3v) is 5.39. The summed E-state index contributed by atoms with van der Waals surface area (Å²) in [5.74, 6) is -0.925. The van der Waals surface area contributed by atoms with E-state index in [0.29, 0.717) is 32.8 Å². The van der Waals surface area contributed by atoms with Gasteiger partial charge in [0.2, 0.25) is 0 Å². The van der Waals surface area contributed by atoms with Gasteiger partial charge >= 0.3 is 11.8 Å². The Labute approximate surface area is 217 Å². The number of nitrogens with one attached hydrogen (secondary N) is 3. The molecule has 0 aliphatic rings. The quantitative estimate of drug-likeness (QED) is 0.222. The zero-order valence-corrected chi connectivity index (χ0v) is 20.6. The maximum atomic E-state index is 12.1. The van der Waals surface area contributed by atoms with Crippen molar-refractivity contribution in [1.82, 2.24) is 10.7 Å². The lowest BCUT2D eigenvalue weighted by atomic mass is 10.2. The second-order valence-corrected chi connectivity index (χ2v) is 8.08. The molecule has 3 aromatic carbocycles. The Kier molecular flexibility index (Phi) is 9.67. The van der Waals surface area contributed by atoms with Crippen LogP contribution in [0.3, 0.4) is 0 Å². The average molecular weight is 529 g/mol. The maximum absolute atomic E-state index is 12.1. The second kappa shape index (κ2) is 13.1. The Hall–Kier alpha value is -4.08. The van der Waals surface area contributed by atoms with Gasteiger partial charge in [-0.25, -0.2) is 5.43 Å². The van der Waals surface area contributed by atoms with Crippen LogP contribution in [0, 0.1) is 0 Å². The standard InChI is InChI=1S/C25H22Cl2N4O5/c1-35-19-7-2-16(3-8-19)13-28-24(33)25(34)31-29-14-17-4-9-20(10-5-17)36-15-23(32)30-18-6-11-21(26)22(27)12-18/h2-12,14H,13,15H2,1H3,(H,28,33)(H,30,32)(H,31,34)/b29-14-. The SMILES string of the molecule is COc1ccc(CNC(=O)C(=O)N/N=C\c2ccc(OCC(=O)Nc3ccc(Cl)c(Cl)c3)cc2)cc1. The second-order valence-electron chi connectivity index (χ2n) is 7.26. The van der Waals surface area contributed by atoms with Gasteiger partial charge in [0, 0.05) is 12.2 Å². The molecule has 9 nitrogen and oxygen atoms in total. The number of ether oxygens (including phenoxy) is 2. The summed E-state index contributed by atoms with van der Waals surface area (Å²) in [6.07, 6.45) is 1.37. The number of amides is 3. The zero-order valence-electron chi connectivity index (χ0n) is 19.1. The smallest absolute Gasteiger partial charge is 0.329 e. The molecule has 0 unspecified atom stereocenters. The minimum atomic E-state index is -0.896. The van der Waals surface area contributed by atoms with Crippen molar-refractivity contribution < 1.29 is 23.9 Å². The van der Waals surface area contributed by atoms with Crippen molar-refractivity contribution in [3.8, 4) is 11.5 Å².